The number of halogens is 2. The molecule has 1 saturated heterocycles. The van der Waals surface area contributed by atoms with E-state index in [0.717, 1.165) is 17.7 Å². The van der Waals surface area contributed by atoms with Crippen molar-refractivity contribution in [2.45, 2.75) is 25.5 Å². The van der Waals surface area contributed by atoms with Crippen molar-refractivity contribution in [2.24, 2.45) is 5.92 Å². The van der Waals surface area contributed by atoms with Crippen LogP contribution in [0.25, 0.3) is 0 Å². The second-order valence-corrected chi connectivity index (χ2v) is 7.01. The van der Waals surface area contributed by atoms with Crippen molar-refractivity contribution in [3.63, 3.8) is 0 Å². The Morgan fingerprint density at radius 3 is 2.31 bits per heavy atom. The Kier molecular flexibility index (Phi) is 6.12. The molecular weight excluding hydrogens is 384 g/mol. The summed E-state index contributed by atoms with van der Waals surface area (Å²) >= 11 is 0. The molecule has 1 fully saturated rings. The standard InChI is InChI=1S/C21H21F2NO5/c1-29-14-4-2-12(3-5-14)9-24-10-16(21(27)28)15(8-19(24)26)20-17(22)6-13(11-25)7-18(20)23/h2-7,15-16,25H,8-11H2,1H3,(H,27,28)/t15?,16-/m0/s1. The first-order valence-corrected chi connectivity index (χ1v) is 9.06. The molecule has 2 atom stereocenters. The number of hydrogen-bond donors (Lipinski definition) is 2. The van der Waals surface area contributed by atoms with Crippen LogP contribution in [-0.4, -0.2) is 40.6 Å². The molecular formula is C21H21F2NO5. The van der Waals surface area contributed by atoms with Gasteiger partial charge in [-0.1, -0.05) is 12.1 Å². The SMILES string of the molecule is COc1ccc(CN2C[C@H](C(=O)O)C(c3c(F)cc(CO)cc3F)CC2=O)cc1. The van der Waals surface area contributed by atoms with Crippen LogP contribution in [0.3, 0.4) is 0 Å². The lowest BCUT2D eigenvalue weighted by molar-refractivity contribution is -0.149. The molecule has 1 amide bonds. The molecule has 6 nitrogen and oxygen atoms in total. The van der Waals surface area contributed by atoms with E-state index in [1.165, 1.54) is 12.0 Å². The van der Waals surface area contributed by atoms with Crippen molar-refractivity contribution in [3.05, 3.63) is 64.7 Å². The van der Waals surface area contributed by atoms with Crippen molar-refractivity contribution in [3.8, 4) is 5.75 Å². The number of ether oxygens (including phenoxy) is 1. The van der Waals surface area contributed by atoms with Crippen LogP contribution < -0.4 is 4.74 Å². The molecule has 0 aromatic heterocycles. The Balaban J connectivity index is 1.86. The highest BCUT2D eigenvalue weighted by atomic mass is 19.1. The summed E-state index contributed by atoms with van der Waals surface area (Å²) in [5.41, 5.74) is 0.400. The highest BCUT2D eigenvalue weighted by Crippen LogP contribution is 2.37. The number of carboxylic acids is 1. The van der Waals surface area contributed by atoms with Gasteiger partial charge < -0.3 is 19.8 Å². The average Bonchev–Trinajstić information content (AvgIpc) is 2.69. The molecule has 29 heavy (non-hydrogen) atoms. The highest BCUT2D eigenvalue weighted by Gasteiger charge is 2.41. The molecule has 1 unspecified atom stereocenters. The average molecular weight is 405 g/mol. The molecule has 2 aromatic carbocycles. The maximum Gasteiger partial charge on any atom is 0.308 e. The molecule has 154 valence electrons. The van der Waals surface area contributed by atoms with Crippen LogP contribution in [0.15, 0.2) is 36.4 Å². The zero-order valence-electron chi connectivity index (χ0n) is 15.8. The molecule has 8 heteroatoms. The normalized spacial score (nSPS) is 19.3. The number of methoxy groups -OCH3 is 1. The van der Waals surface area contributed by atoms with E-state index in [1.807, 2.05) is 0 Å². The number of hydrogen-bond acceptors (Lipinski definition) is 4. The maximum absolute atomic E-state index is 14.5. The number of piperidine rings is 1. The number of nitrogens with zero attached hydrogens (tertiary/aromatic N) is 1. The summed E-state index contributed by atoms with van der Waals surface area (Å²) in [5, 5.41) is 18.7. The van der Waals surface area contributed by atoms with Crippen LogP contribution in [0, 0.1) is 17.6 Å². The van der Waals surface area contributed by atoms with Gasteiger partial charge in [0, 0.05) is 31.0 Å². The monoisotopic (exact) mass is 405 g/mol. The Labute approximate surface area is 166 Å². The van der Waals surface area contributed by atoms with Gasteiger partial charge in [-0.15, -0.1) is 0 Å². The van der Waals surface area contributed by atoms with Gasteiger partial charge >= 0.3 is 5.97 Å². The number of carboxylic acid groups (broad SMARTS) is 1. The first-order valence-electron chi connectivity index (χ1n) is 9.06. The third-order valence-corrected chi connectivity index (χ3v) is 5.19. The van der Waals surface area contributed by atoms with Gasteiger partial charge in [0.1, 0.15) is 17.4 Å². The predicted octanol–water partition coefficient (Wildman–Crippen LogP) is 2.68. The van der Waals surface area contributed by atoms with Crippen LogP contribution in [0.1, 0.15) is 29.0 Å². The third kappa shape index (κ3) is 4.37. The Hall–Kier alpha value is -3.00. The number of carbonyl (C=O) groups is 2. The largest absolute Gasteiger partial charge is 0.497 e. The Bertz CT molecular complexity index is 893. The molecule has 1 heterocycles. The quantitative estimate of drug-likeness (QED) is 0.772. The second kappa shape index (κ2) is 8.57. The van der Waals surface area contributed by atoms with Gasteiger partial charge in [0.05, 0.1) is 19.6 Å². The van der Waals surface area contributed by atoms with E-state index in [4.69, 9.17) is 9.84 Å². The van der Waals surface area contributed by atoms with Gasteiger partial charge in [-0.3, -0.25) is 9.59 Å². The van der Waals surface area contributed by atoms with Crippen LogP contribution in [0.4, 0.5) is 8.78 Å². The van der Waals surface area contributed by atoms with Gasteiger partial charge in [0.15, 0.2) is 0 Å². The van der Waals surface area contributed by atoms with Crippen molar-refractivity contribution in [2.75, 3.05) is 13.7 Å². The Morgan fingerprint density at radius 1 is 1.17 bits per heavy atom. The van der Waals surface area contributed by atoms with Crippen molar-refractivity contribution >= 4 is 11.9 Å². The predicted molar refractivity (Wildman–Crippen MR) is 99.2 cm³/mol. The van der Waals surface area contributed by atoms with Gasteiger partial charge in [0.25, 0.3) is 0 Å². The van der Waals surface area contributed by atoms with Crippen LogP contribution >= 0.6 is 0 Å². The van der Waals surface area contributed by atoms with E-state index < -0.39 is 41.6 Å². The third-order valence-electron chi connectivity index (χ3n) is 5.19. The van der Waals surface area contributed by atoms with Gasteiger partial charge in [-0.05, 0) is 35.4 Å². The number of carbonyl (C=O) groups excluding carboxylic acids is 1. The zero-order chi connectivity index (χ0) is 21.1. The molecule has 1 aliphatic rings. The van der Waals surface area contributed by atoms with E-state index in [1.54, 1.807) is 24.3 Å². The minimum absolute atomic E-state index is 0.0406. The van der Waals surface area contributed by atoms with E-state index in [-0.39, 0.29) is 31.0 Å². The number of rotatable bonds is 6. The fourth-order valence-electron chi connectivity index (χ4n) is 3.67. The summed E-state index contributed by atoms with van der Waals surface area (Å²) in [6.45, 7) is -0.519. The smallest absolute Gasteiger partial charge is 0.308 e. The summed E-state index contributed by atoms with van der Waals surface area (Å²) in [6, 6.07) is 8.92. The molecule has 0 spiro atoms. The number of aliphatic carboxylic acids is 1. The first-order chi connectivity index (χ1) is 13.8. The fourth-order valence-corrected chi connectivity index (χ4v) is 3.67. The molecule has 1 aliphatic heterocycles. The lowest BCUT2D eigenvalue weighted by Gasteiger charge is -2.36. The molecule has 0 saturated carbocycles. The van der Waals surface area contributed by atoms with Gasteiger partial charge in [-0.2, -0.15) is 0 Å². The minimum Gasteiger partial charge on any atom is -0.497 e. The number of likely N-dealkylation sites (tertiary alicyclic amines) is 1. The van der Waals surface area contributed by atoms with Crippen LogP contribution in [-0.2, 0) is 22.7 Å². The maximum atomic E-state index is 14.5. The first kappa shape index (κ1) is 20.7. The minimum atomic E-state index is -1.23. The summed E-state index contributed by atoms with van der Waals surface area (Å²) < 4.78 is 34.0. The summed E-state index contributed by atoms with van der Waals surface area (Å²) in [4.78, 5) is 25.9. The molecule has 0 aliphatic carbocycles. The van der Waals surface area contributed by atoms with E-state index in [0.29, 0.717) is 5.75 Å². The summed E-state index contributed by atoms with van der Waals surface area (Å²) in [5.74, 6) is -5.15. The van der Waals surface area contributed by atoms with Crippen molar-refractivity contribution in [1.29, 1.82) is 0 Å². The highest BCUT2D eigenvalue weighted by molar-refractivity contribution is 5.82. The second-order valence-electron chi connectivity index (χ2n) is 7.01. The molecule has 0 radical (unpaired) electrons. The van der Waals surface area contributed by atoms with E-state index in [2.05, 4.69) is 0 Å². The zero-order valence-corrected chi connectivity index (χ0v) is 15.8. The number of aliphatic hydroxyl groups is 1. The van der Waals surface area contributed by atoms with Gasteiger partial charge in [0.2, 0.25) is 5.91 Å². The molecule has 0 bridgehead atoms. The van der Waals surface area contributed by atoms with Crippen LogP contribution in [0.2, 0.25) is 0 Å². The van der Waals surface area contributed by atoms with E-state index in [9.17, 15) is 23.5 Å². The number of amides is 1. The topological polar surface area (TPSA) is 87.1 Å². The summed E-state index contributed by atoms with van der Waals surface area (Å²) in [7, 11) is 1.53. The van der Waals surface area contributed by atoms with Crippen LogP contribution in [0.5, 0.6) is 5.75 Å². The van der Waals surface area contributed by atoms with E-state index >= 15 is 0 Å². The fraction of sp³-hybridized carbons (Fsp3) is 0.333. The summed E-state index contributed by atoms with van der Waals surface area (Å²) in [6.07, 6.45) is -0.320. The number of benzene rings is 2. The van der Waals surface area contributed by atoms with Crippen molar-refractivity contribution in [1.82, 2.24) is 4.90 Å². The molecule has 3 rings (SSSR count). The lowest BCUT2D eigenvalue weighted by atomic mass is 9.79. The number of aliphatic hydroxyl groups excluding tert-OH is 1. The Morgan fingerprint density at radius 2 is 1.79 bits per heavy atom. The lowest BCUT2D eigenvalue weighted by Crippen LogP contribution is -2.46. The van der Waals surface area contributed by atoms with Crippen molar-refractivity contribution < 1.29 is 33.3 Å². The van der Waals surface area contributed by atoms with Gasteiger partial charge in [-0.25, -0.2) is 8.78 Å². The molecule has 2 N–H and O–H groups in total. The molecule has 2 aromatic rings.